The van der Waals surface area contributed by atoms with Crippen LogP contribution in [0.4, 0.5) is 0 Å². The van der Waals surface area contributed by atoms with Crippen molar-refractivity contribution in [3.05, 3.63) is 28.8 Å². The predicted molar refractivity (Wildman–Crippen MR) is 57.9 cm³/mol. The van der Waals surface area contributed by atoms with Crippen LogP contribution in [0.5, 0.6) is 0 Å². The van der Waals surface area contributed by atoms with Crippen molar-refractivity contribution in [1.82, 2.24) is 0 Å². The van der Waals surface area contributed by atoms with E-state index in [-0.39, 0.29) is 5.78 Å². The Hall–Kier alpha value is -0.470. The number of thioether (sulfide) groups is 1. The first-order chi connectivity index (χ1) is 6.20. The quantitative estimate of drug-likeness (QED) is 0.564. The number of carbonyl (C=O) groups is 1. The zero-order chi connectivity index (χ0) is 9.84. The van der Waals surface area contributed by atoms with Gasteiger partial charge in [0.15, 0.2) is 5.78 Å². The molecule has 0 aliphatic heterocycles. The Labute approximate surface area is 87.5 Å². The number of benzene rings is 1. The molecule has 13 heavy (non-hydrogen) atoms. The third-order valence-corrected chi connectivity index (χ3v) is 2.89. The molecule has 0 N–H and O–H groups in total. The van der Waals surface area contributed by atoms with E-state index in [2.05, 4.69) is 0 Å². The van der Waals surface area contributed by atoms with E-state index in [0.29, 0.717) is 17.0 Å². The Morgan fingerprint density at radius 2 is 2.23 bits per heavy atom. The summed E-state index contributed by atoms with van der Waals surface area (Å²) >= 11 is 7.50. The second-order valence-electron chi connectivity index (χ2n) is 2.59. The average Bonchev–Trinajstić information content (AvgIpc) is 2.16. The van der Waals surface area contributed by atoms with Gasteiger partial charge in [0.05, 0.1) is 5.02 Å². The first-order valence-electron chi connectivity index (χ1n) is 4.06. The number of ketones is 1. The van der Waals surface area contributed by atoms with Crippen molar-refractivity contribution in [2.24, 2.45) is 0 Å². The molecule has 0 aromatic heterocycles. The van der Waals surface area contributed by atoms with Crippen LogP contribution in [0, 0.1) is 0 Å². The van der Waals surface area contributed by atoms with E-state index in [4.69, 9.17) is 11.6 Å². The minimum Gasteiger partial charge on any atom is -0.294 e. The summed E-state index contributed by atoms with van der Waals surface area (Å²) < 4.78 is 0. The molecule has 0 spiro atoms. The van der Waals surface area contributed by atoms with Crippen molar-refractivity contribution in [2.45, 2.75) is 18.2 Å². The molecule has 70 valence electrons. The molecule has 0 unspecified atom stereocenters. The molecule has 0 saturated heterocycles. The van der Waals surface area contributed by atoms with Crippen LogP contribution in [-0.4, -0.2) is 12.0 Å². The van der Waals surface area contributed by atoms with Crippen LogP contribution >= 0.6 is 23.4 Å². The second-order valence-corrected chi connectivity index (χ2v) is 3.85. The number of rotatable bonds is 3. The Kier molecular flexibility index (Phi) is 3.82. The van der Waals surface area contributed by atoms with Gasteiger partial charge in [-0.2, -0.15) is 0 Å². The third-order valence-electron chi connectivity index (χ3n) is 1.80. The SMILES string of the molecule is CCC(=O)c1c(Cl)cccc1SC. The van der Waals surface area contributed by atoms with Crippen molar-refractivity contribution in [3.63, 3.8) is 0 Å². The predicted octanol–water partition coefficient (Wildman–Crippen LogP) is 3.65. The maximum atomic E-state index is 11.5. The summed E-state index contributed by atoms with van der Waals surface area (Å²) in [5.74, 6) is 0.106. The first kappa shape index (κ1) is 10.6. The lowest BCUT2D eigenvalue weighted by molar-refractivity contribution is 0.0985. The van der Waals surface area contributed by atoms with E-state index >= 15 is 0 Å². The van der Waals surface area contributed by atoms with Gasteiger partial charge in [0.2, 0.25) is 0 Å². The van der Waals surface area contributed by atoms with E-state index < -0.39 is 0 Å². The van der Waals surface area contributed by atoms with Gasteiger partial charge in [-0.05, 0) is 18.4 Å². The van der Waals surface area contributed by atoms with Gasteiger partial charge < -0.3 is 0 Å². The molecule has 0 aliphatic carbocycles. The third kappa shape index (κ3) is 2.26. The highest BCUT2D eigenvalue weighted by molar-refractivity contribution is 7.98. The van der Waals surface area contributed by atoms with Gasteiger partial charge in [-0.1, -0.05) is 24.6 Å². The summed E-state index contributed by atoms with van der Waals surface area (Å²) in [5, 5.41) is 0.554. The van der Waals surface area contributed by atoms with Gasteiger partial charge in [0, 0.05) is 16.9 Å². The average molecular weight is 215 g/mol. The standard InChI is InChI=1S/C10H11ClOS/c1-3-8(12)10-7(11)5-4-6-9(10)13-2/h4-6H,3H2,1-2H3. The van der Waals surface area contributed by atoms with E-state index in [0.717, 1.165) is 4.90 Å². The molecule has 0 saturated carbocycles. The Balaban J connectivity index is 3.22. The molecule has 0 amide bonds. The van der Waals surface area contributed by atoms with Crippen LogP contribution in [-0.2, 0) is 0 Å². The van der Waals surface area contributed by atoms with Crippen LogP contribution in [0.2, 0.25) is 5.02 Å². The zero-order valence-electron chi connectivity index (χ0n) is 7.63. The van der Waals surface area contributed by atoms with Gasteiger partial charge in [-0.15, -0.1) is 11.8 Å². The van der Waals surface area contributed by atoms with Crippen molar-refractivity contribution in [2.75, 3.05) is 6.26 Å². The van der Waals surface area contributed by atoms with Crippen molar-refractivity contribution >= 4 is 29.1 Å². The van der Waals surface area contributed by atoms with Crippen molar-refractivity contribution in [1.29, 1.82) is 0 Å². The lowest BCUT2D eigenvalue weighted by Crippen LogP contribution is -1.99. The van der Waals surface area contributed by atoms with Gasteiger partial charge in [0.25, 0.3) is 0 Å². The summed E-state index contributed by atoms with van der Waals surface area (Å²) in [6, 6.07) is 5.53. The molecule has 1 nitrogen and oxygen atoms in total. The maximum absolute atomic E-state index is 11.5. The smallest absolute Gasteiger partial charge is 0.165 e. The minimum atomic E-state index is 0.106. The van der Waals surface area contributed by atoms with Crippen LogP contribution in [0.3, 0.4) is 0 Å². The summed E-state index contributed by atoms with van der Waals surface area (Å²) in [7, 11) is 0. The van der Waals surface area contributed by atoms with Crippen LogP contribution in [0.25, 0.3) is 0 Å². The Morgan fingerprint density at radius 1 is 1.54 bits per heavy atom. The molecule has 0 radical (unpaired) electrons. The first-order valence-corrected chi connectivity index (χ1v) is 5.66. The van der Waals surface area contributed by atoms with Crippen LogP contribution in [0.1, 0.15) is 23.7 Å². The molecule has 0 aliphatic rings. The lowest BCUT2D eigenvalue weighted by Gasteiger charge is -2.06. The van der Waals surface area contributed by atoms with Gasteiger partial charge in [0.1, 0.15) is 0 Å². The highest BCUT2D eigenvalue weighted by Crippen LogP contribution is 2.27. The fourth-order valence-electron chi connectivity index (χ4n) is 1.12. The van der Waals surface area contributed by atoms with Crippen molar-refractivity contribution in [3.8, 4) is 0 Å². The number of hydrogen-bond donors (Lipinski definition) is 0. The minimum absolute atomic E-state index is 0.106. The highest BCUT2D eigenvalue weighted by Gasteiger charge is 2.12. The number of halogens is 1. The van der Waals surface area contributed by atoms with Gasteiger partial charge >= 0.3 is 0 Å². The lowest BCUT2D eigenvalue weighted by atomic mass is 10.1. The Morgan fingerprint density at radius 3 is 2.77 bits per heavy atom. The topological polar surface area (TPSA) is 17.1 Å². The molecule has 0 heterocycles. The largest absolute Gasteiger partial charge is 0.294 e. The summed E-state index contributed by atoms with van der Waals surface area (Å²) in [4.78, 5) is 12.5. The normalized spacial score (nSPS) is 10.1. The van der Waals surface area contributed by atoms with Crippen LogP contribution in [0.15, 0.2) is 23.1 Å². The monoisotopic (exact) mass is 214 g/mol. The highest BCUT2D eigenvalue weighted by atomic mass is 35.5. The summed E-state index contributed by atoms with van der Waals surface area (Å²) in [5.41, 5.74) is 0.666. The fraction of sp³-hybridized carbons (Fsp3) is 0.300. The summed E-state index contributed by atoms with van der Waals surface area (Å²) in [6.07, 6.45) is 2.44. The van der Waals surface area contributed by atoms with E-state index in [1.54, 1.807) is 17.8 Å². The molecule has 3 heteroatoms. The molecule has 0 bridgehead atoms. The fourth-order valence-corrected chi connectivity index (χ4v) is 2.10. The second kappa shape index (κ2) is 4.68. The molecule has 0 fully saturated rings. The molecule has 1 rings (SSSR count). The Bertz CT molecular complexity index is 323. The number of hydrogen-bond acceptors (Lipinski definition) is 2. The van der Waals surface area contributed by atoms with E-state index in [9.17, 15) is 4.79 Å². The molecular weight excluding hydrogens is 204 g/mol. The maximum Gasteiger partial charge on any atom is 0.165 e. The molecule has 0 atom stereocenters. The molecule has 1 aromatic rings. The van der Waals surface area contributed by atoms with E-state index in [1.165, 1.54) is 0 Å². The van der Waals surface area contributed by atoms with Crippen molar-refractivity contribution < 1.29 is 4.79 Å². The number of Topliss-reactive ketones (excluding diaryl/α,β-unsaturated/α-hetero) is 1. The van der Waals surface area contributed by atoms with E-state index in [1.807, 2.05) is 25.3 Å². The molecule has 1 aromatic carbocycles. The molecular formula is C10H11ClOS. The number of carbonyl (C=O) groups excluding carboxylic acids is 1. The van der Waals surface area contributed by atoms with Crippen LogP contribution < -0.4 is 0 Å². The van der Waals surface area contributed by atoms with Gasteiger partial charge in [-0.25, -0.2) is 0 Å². The summed E-state index contributed by atoms with van der Waals surface area (Å²) in [6.45, 7) is 1.84. The zero-order valence-corrected chi connectivity index (χ0v) is 9.21. The van der Waals surface area contributed by atoms with Gasteiger partial charge in [-0.3, -0.25) is 4.79 Å².